The third-order valence-corrected chi connectivity index (χ3v) is 11.1. The average molecular weight is 781 g/mol. The van der Waals surface area contributed by atoms with Crippen LogP contribution in [-0.2, 0) is 0 Å². The van der Waals surface area contributed by atoms with E-state index in [2.05, 4.69) is 164 Å². The number of fused-ring (bicyclic) bond motifs is 3. The van der Waals surface area contributed by atoms with Crippen LogP contribution in [0.15, 0.2) is 223 Å². The molecule has 0 aliphatic carbocycles. The maximum absolute atomic E-state index is 6.97. The number of hydrogen-bond donors (Lipinski definition) is 0. The van der Waals surface area contributed by atoms with Gasteiger partial charge >= 0.3 is 0 Å². The molecule has 3 heterocycles. The Bertz CT molecular complexity index is 3230. The molecule has 0 amide bonds. The molecule has 0 saturated carbocycles. The van der Waals surface area contributed by atoms with E-state index < -0.39 is 0 Å². The van der Waals surface area contributed by atoms with Crippen LogP contribution in [0.5, 0.6) is 0 Å². The Balaban J connectivity index is 1.08. The third-order valence-electron chi connectivity index (χ3n) is 11.1. The summed E-state index contributed by atoms with van der Waals surface area (Å²) in [7, 11) is 0. The Labute approximate surface area is 353 Å². The van der Waals surface area contributed by atoms with E-state index in [0.717, 1.165) is 94.5 Å². The Hall–Kier alpha value is -8.28. The van der Waals surface area contributed by atoms with E-state index in [-0.39, 0.29) is 0 Å². The molecule has 0 aliphatic heterocycles. The van der Waals surface area contributed by atoms with Crippen molar-refractivity contribution in [1.29, 1.82) is 0 Å². The molecule has 0 atom stereocenters. The molecular weight excluding hydrogens is 745 g/mol. The van der Waals surface area contributed by atoms with E-state index >= 15 is 0 Å². The number of para-hydroxylation sites is 1. The van der Waals surface area contributed by atoms with Crippen molar-refractivity contribution in [1.82, 2.24) is 19.9 Å². The van der Waals surface area contributed by atoms with Gasteiger partial charge in [0.15, 0.2) is 23.1 Å². The number of nitrogens with zero attached hydrogens (tertiary/aromatic N) is 4. The van der Waals surface area contributed by atoms with Crippen LogP contribution in [-0.4, -0.2) is 19.9 Å². The second-order valence-electron chi connectivity index (χ2n) is 15.0. The van der Waals surface area contributed by atoms with Crippen LogP contribution in [0.4, 0.5) is 0 Å². The molecular formula is C56H36N4O. The summed E-state index contributed by atoms with van der Waals surface area (Å²) in [6.45, 7) is 0. The molecule has 0 aliphatic rings. The van der Waals surface area contributed by atoms with Gasteiger partial charge in [-0.15, -0.1) is 0 Å². The zero-order valence-corrected chi connectivity index (χ0v) is 33.0. The summed E-state index contributed by atoms with van der Waals surface area (Å²) in [5.74, 6) is 2.58. The number of hydrogen-bond acceptors (Lipinski definition) is 5. The monoisotopic (exact) mass is 780 g/mol. The number of rotatable bonds is 8. The topological polar surface area (TPSA) is 64.7 Å². The summed E-state index contributed by atoms with van der Waals surface area (Å²) < 4.78 is 6.97. The summed E-state index contributed by atoms with van der Waals surface area (Å²) in [6.07, 6.45) is 0. The van der Waals surface area contributed by atoms with E-state index in [1.807, 2.05) is 54.6 Å². The van der Waals surface area contributed by atoms with Crippen molar-refractivity contribution in [2.24, 2.45) is 0 Å². The van der Waals surface area contributed by atoms with Gasteiger partial charge in [-0.2, -0.15) is 0 Å². The van der Waals surface area contributed by atoms with Gasteiger partial charge in [0.1, 0.15) is 11.5 Å². The zero-order chi connectivity index (χ0) is 40.5. The minimum Gasteiger partial charge on any atom is -0.453 e. The molecule has 0 unspecified atom stereocenters. The lowest BCUT2D eigenvalue weighted by Gasteiger charge is -2.11. The van der Waals surface area contributed by atoms with Crippen LogP contribution in [0.25, 0.3) is 112 Å². The normalized spacial score (nSPS) is 11.3. The van der Waals surface area contributed by atoms with Crippen molar-refractivity contribution in [2.45, 2.75) is 0 Å². The third kappa shape index (κ3) is 6.84. The second-order valence-corrected chi connectivity index (χ2v) is 15.0. The molecule has 11 rings (SSSR count). The molecule has 0 spiro atoms. The largest absolute Gasteiger partial charge is 0.453 e. The predicted molar refractivity (Wildman–Crippen MR) is 248 cm³/mol. The maximum Gasteiger partial charge on any atom is 0.164 e. The van der Waals surface area contributed by atoms with Crippen LogP contribution in [0.1, 0.15) is 0 Å². The first-order valence-corrected chi connectivity index (χ1v) is 20.4. The highest BCUT2D eigenvalue weighted by molar-refractivity contribution is 6.18. The highest BCUT2D eigenvalue weighted by Crippen LogP contribution is 2.46. The fourth-order valence-corrected chi connectivity index (χ4v) is 8.15. The number of pyridine rings is 1. The Morgan fingerprint density at radius 3 is 1.28 bits per heavy atom. The van der Waals surface area contributed by atoms with Crippen molar-refractivity contribution in [2.75, 3.05) is 0 Å². The van der Waals surface area contributed by atoms with E-state index in [1.165, 1.54) is 0 Å². The molecule has 11 aromatic rings. The smallest absolute Gasteiger partial charge is 0.164 e. The molecule has 286 valence electrons. The number of aromatic nitrogens is 4. The molecule has 0 radical (unpaired) electrons. The van der Waals surface area contributed by atoms with Crippen LogP contribution in [0, 0.1) is 0 Å². The van der Waals surface area contributed by atoms with Gasteiger partial charge in [0.05, 0.1) is 5.52 Å². The van der Waals surface area contributed by atoms with E-state index in [1.54, 1.807) is 0 Å². The quantitative estimate of drug-likeness (QED) is 0.154. The predicted octanol–water partition coefficient (Wildman–Crippen LogP) is 14.5. The molecule has 0 saturated heterocycles. The maximum atomic E-state index is 6.97. The minimum atomic E-state index is 0.586. The molecule has 3 aromatic heterocycles. The zero-order valence-electron chi connectivity index (χ0n) is 33.0. The lowest BCUT2D eigenvalue weighted by Crippen LogP contribution is -2.00. The van der Waals surface area contributed by atoms with Crippen molar-refractivity contribution in [3.05, 3.63) is 218 Å². The summed E-state index contributed by atoms with van der Waals surface area (Å²) in [5.41, 5.74) is 13.6. The van der Waals surface area contributed by atoms with Crippen LogP contribution in [0.3, 0.4) is 0 Å². The Kier molecular flexibility index (Phi) is 9.10. The van der Waals surface area contributed by atoms with Gasteiger partial charge in [-0.3, -0.25) is 0 Å². The lowest BCUT2D eigenvalue weighted by atomic mass is 9.95. The SMILES string of the molecule is c1ccc(-c2cccc(-c3nc(-c4ccc(-c5c(-c6ccccc6)oc6c(-c7ccccc7)nc7ccccc7c56)cc4)nc(-c4cccc(-c5ccccc5)c4)n3)c2)cc1. The van der Waals surface area contributed by atoms with E-state index in [0.29, 0.717) is 17.5 Å². The molecule has 61 heavy (non-hydrogen) atoms. The van der Waals surface area contributed by atoms with Crippen molar-refractivity contribution in [3.63, 3.8) is 0 Å². The molecule has 5 nitrogen and oxygen atoms in total. The van der Waals surface area contributed by atoms with Gasteiger partial charge in [0, 0.05) is 44.2 Å². The van der Waals surface area contributed by atoms with Gasteiger partial charge in [0.2, 0.25) is 0 Å². The first-order chi connectivity index (χ1) is 30.2. The number of furan rings is 1. The fraction of sp³-hybridized carbons (Fsp3) is 0. The van der Waals surface area contributed by atoms with Crippen molar-refractivity contribution in [3.8, 4) is 90.1 Å². The summed E-state index contributed by atoms with van der Waals surface area (Å²) in [5, 5.41) is 2.06. The second kappa shape index (κ2) is 15.5. The highest BCUT2D eigenvalue weighted by atomic mass is 16.3. The average Bonchev–Trinajstić information content (AvgIpc) is 3.76. The number of benzene rings is 8. The van der Waals surface area contributed by atoms with Gasteiger partial charge in [-0.1, -0.05) is 200 Å². The fourth-order valence-electron chi connectivity index (χ4n) is 8.15. The van der Waals surface area contributed by atoms with Gasteiger partial charge in [0.25, 0.3) is 0 Å². The Morgan fingerprint density at radius 2 is 0.721 bits per heavy atom. The molecule has 5 heteroatoms. The summed E-state index contributed by atoms with van der Waals surface area (Å²) in [4.78, 5) is 20.6. The molecule has 0 bridgehead atoms. The summed E-state index contributed by atoms with van der Waals surface area (Å²) in [6, 6.07) is 75.0. The van der Waals surface area contributed by atoms with Crippen molar-refractivity contribution < 1.29 is 4.42 Å². The first-order valence-electron chi connectivity index (χ1n) is 20.4. The van der Waals surface area contributed by atoms with Crippen LogP contribution < -0.4 is 0 Å². The standard InChI is InChI=1S/C56H36N4O/c1-5-17-37(18-6-1)43-25-15-27-45(35-43)55-58-54(59-56(60-55)46-28-16-26-44(36-46)38-19-7-2-8-20-38)42-33-31-39(32-34-42)49-50-47-29-13-14-30-48(47)57-51(40-21-9-3-10-22-40)53(50)61-52(49)41-23-11-4-12-24-41/h1-36H. The molecule has 8 aromatic carbocycles. The van der Waals surface area contributed by atoms with E-state index in [9.17, 15) is 0 Å². The van der Waals surface area contributed by atoms with Crippen molar-refractivity contribution >= 4 is 21.9 Å². The van der Waals surface area contributed by atoms with Gasteiger partial charge in [-0.05, 0) is 46.0 Å². The Morgan fingerprint density at radius 1 is 0.295 bits per heavy atom. The van der Waals surface area contributed by atoms with E-state index in [4.69, 9.17) is 24.4 Å². The molecule has 0 N–H and O–H groups in total. The van der Waals surface area contributed by atoms with Gasteiger partial charge < -0.3 is 4.42 Å². The highest BCUT2D eigenvalue weighted by Gasteiger charge is 2.24. The van der Waals surface area contributed by atoms with Gasteiger partial charge in [-0.25, -0.2) is 19.9 Å². The molecule has 0 fully saturated rings. The lowest BCUT2D eigenvalue weighted by molar-refractivity contribution is 0.632. The minimum absolute atomic E-state index is 0.586. The first kappa shape index (κ1) is 35.8. The van der Waals surface area contributed by atoms with Crippen LogP contribution >= 0.6 is 0 Å². The summed E-state index contributed by atoms with van der Waals surface area (Å²) >= 11 is 0. The van der Waals surface area contributed by atoms with Crippen LogP contribution in [0.2, 0.25) is 0 Å².